The monoisotopic (exact) mass is 498 g/mol. The minimum absolute atomic E-state index is 0.0284. The third-order valence-electron chi connectivity index (χ3n) is 7.91. The lowest BCUT2D eigenvalue weighted by atomic mass is 9.77. The number of rotatable bonds is 12. The van der Waals surface area contributed by atoms with Crippen LogP contribution in [-0.2, 0) is 11.2 Å². The fraction of sp³-hybridized carbons (Fsp3) is 0.533. The van der Waals surface area contributed by atoms with Crippen molar-refractivity contribution in [1.29, 1.82) is 0 Å². The Bertz CT molecular complexity index is 1070. The topological polar surface area (TPSA) is 49.4 Å². The first-order valence-electron chi connectivity index (χ1n) is 12.9. The molecule has 1 aliphatic rings. The third-order valence-corrected chi connectivity index (χ3v) is 7.91. The first-order chi connectivity index (χ1) is 16.9. The SMILES string of the molecule is CCC(=O)c1ccc(C[C@@H](CNC(=O)C[C@H](c2ccc(C)cc2)C2(C(C)(F)F)CC2)N(C)C)c(C)c1. The van der Waals surface area contributed by atoms with Crippen molar-refractivity contribution in [3.8, 4) is 0 Å². The maximum absolute atomic E-state index is 14.7. The highest BCUT2D eigenvalue weighted by atomic mass is 19.3. The summed E-state index contributed by atoms with van der Waals surface area (Å²) in [6.45, 7) is 7.22. The molecular weight excluding hydrogens is 458 g/mol. The summed E-state index contributed by atoms with van der Waals surface area (Å²) in [6, 6.07) is 13.4. The number of Topliss-reactive ketones (excluding diaryl/α,β-unsaturated/α-hetero) is 1. The first kappa shape index (κ1) is 28.0. The van der Waals surface area contributed by atoms with E-state index in [1.807, 2.05) is 77.3 Å². The highest BCUT2D eigenvalue weighted by molar-refractivity contribution is 5.96. The number of hydrogen-bond acceptors (Lipinski definition) is 3. The molecule has 2 aromatic carbocycles. The summed E-state index contributed by atoms with van der Waals surface area (Å²) in [5, 5.41) is 3.03. The standard InChI is InChI=1S/C30H40F2N2O2/c1-7-27(35)24-13-12-23(21(3)16-24)17-25(34(5)6)19-33-28(36)18-26(22-10-8-20(2)9-11-22)30(14-15-30)29(4,31)32/h8-13,16,25-26H,7,14-15,17-19H2,1-6H3,(H,33,36)/t25-,26+/m0/s1. The van der Waals surface area contributed by atoms with Gasteiger partial charge in [0.1, 0.15) is 0 Å². The van der Waals surface area contributed by atoms with Gasteiger partial charge in [-0.1, -0.05) is 48.9 Å². The van der Waals surface area contributed by atoms with Gasteiger partial charge in [-0.2, -0.15) is 0 Å². The molecule has 196 valence electrons. The number of likely N-dealkylation sites (N-methyl/N-ethyl adjacent to an activating group) is 1. The van der Waals surface area contributed by atoms with Crippen LogP contribution in [0.25, 0.3) is 0 Å². The summed E-state index contributed by atoms with van der Waals surface area (Å²) >= 11 is 0. The second-order valence-corrected chi connectivity index (χ2v) is 10.8. The number of ketones is 1. The van der Waals surface area contributed by atoms with Crippen LogP contribution in [0.1, 0.15) is 78.1 Å². The van der Waals surface area contributed by atoms with Crippen LogP contribution in [0.2, 0.25) is 0 Å². The van der Waals surface area contributed by atoms with E-state index in [1.165, 1.54) is 0 Å². The van der Waals surface area contributed by atoms with Gasteiger partial charge in [-0.25, -0.2) is 8.78 Å². The summed E-state index contributed by atoms with van der Waals surface area (Å²) in [5.74, 6) is -3.46. The lowest BCUT2D eigenvalue weighted by Gasteiger charge is -2.32. The molecular formula is C30H40F2N2O2. The summed E-state index contributed by atoms with van der Waals surface area (Å²) in [7, 11) is 3.93. The molecule has 3 rings (SSSR count). The van der Waals surface area contributed by atoms with Crippen LogP contribution in [0.3, 0.4) is 0 Å². The highest BCUT2D eigenvalue weighted by Crippen LogP contribution is 2.65. The summed E-state index contributed by atoms with van der Waals surface area (Å²) in [6.07, 6.45) is 2.08. The molecule has 0 bridgehead atoms. The predicted molar refractivity (Wildman–Crippen MR) is 141 cm³/mol. The van der Waals surface area contributed by atoms with Crippen LogP contribution in [0.5, 0.6) is 0 Å². The fourth-order valence-electron chi connectivity index (χ4n) is 5.14. The molecule has 1 amide bonds. The molecule has 6 heteroatoms. The molecule has 0 spiro atoms. The van der Waals surface area contributed by atoms with Crippen LogP contribution in [0, 0.1) is 19.3 Å². The number of nitrogens with one attached hydrogen (secondary N) is 1. The Morgan fingerprint density at radius 2 is 1.72 bits per heavy atom. The van der Waals surface area contributed by atoms with Gasteiger partial charge in [0, 0.05) is 42.3 Å². The van der Waals surface area contributed by atoms with Crippen LogP contribution < -0.4 is 5.32 Å². The van der Waals surface area contributed by atoms with Gasteiger partial charge in [0.25, 0.3) is 5.92 Å². The zero-order valence-corrected chi connectivity index (χ0v) is 22.5. The number of hydrogen-bond donors (Lipinski definition) is 1. The van der Waals surface area contributed by atoms with Gasteiger partial charge in [0.2, 0.25) is 5.91 Å². The van der Waals surface area contributed by atoms with Crippen LogP contribution in [0.4, 0.5) is 8.78 Å². The van der Waals surface area contributed by atoms with Gasteiger partial charge in [0.05, 0.1) is 0 Å². The van der Waals surface area contributed by atoms with Crippen molar-refractivity contribution in [3.05, 3.63) is 70.3 Å². The second-order valence-electron chi connectivity index (χ2n) is 10.8. The Morgan fingerprint density at radius 1 is 1.08 bits per heavy atom. The summed E-state index contributed by atoms with van der Waals surface area (Å²) in [4.78, 5) is 27.2. The minimum Gasteiger partial charge on any atom is -0.355 e. The van der Waals surface area contributed by atoms with E-state index in [9.17, 15) is 18.4 Å². The molecule has 36 heavy (non-hydrogen) atoms. The number of alkyl halides is 2. The average molecular weight is 499 g/mol. The number of amides is 1. The molecule has 0 saturated heterocycles. The van der Waals surface area contributed by atoms with Gasteiger partial charge >= 0.3 is 0 Å². The smallest absolute Gasteiger partial charge is 0.251 e. The maximum atomic E-state index is 14.7. The number of halogens is 2. The Balaban J connectivity index is 1.70. The van der Waals surface area contributed by atoms with Gasteiger partial charge in [0.15, 0.2) is 5.78 Å². The van der Waals surface area contributed by atoms with E-state index in [2.05, 4.69) is 10.2 Å². The van der Waals surface area contributed by atoms with Gasteiger partial charge in [-0.15, -0.1) is 0 Å². The van der Waals surface area contributed by atoms with Crippen molar-refractivity contribution in [2.24, 2.45) is 5.41 Å². The zero-order valence-electron chi connectivity index (χ0n) is 22.5. The Hall–Kier alpha value is -2.60. The molecule has 1 saturated carbocycles. The Kier molecular flexibility index (Phi) is 8.71. The first-order valence-corrected chi connectivity index (χ1v) is 12.9. The van der Waals surface area contributed by atoms with Crippen molar-refractivity contribution in [3.63, 3.8) is 0 Å². The Morgan fingerprint density at radius 3 is 2.22 bits per heavy atom. The molecule has 0 heterocycles. The number of benzene rings is 2. The van der Waals surface area contributed by atoms with E-state index in [-0.39, 0.29) is 24.2 Å². The zero-order chi connectivity index (χ0) is 26.7. The van der Waals surface area contributed by atoms with Crippen molar-refractivity contribution in [2.45, 2.75) is 77.7 Å². The van der Waals surface area contributed by atoms with E-state index < -0.39 is 17.3 Å². The van der Waals surface area contributed by atoms with Crippen LogP contribution >= 0.6 is 0 Å². The third kappa shape index (κ3) is 6.39. The molecule has 2 aromatic rings. The molecule has 1 aliphatic carbocycles. The molecule has 0 aliphatic heterocycles. The minimum atomic E-state index is -2.85. The molecule has 1 fully saturated rings. The van der Waals surface area contributed by atoms with E-state index in [1.54, 1.807) is 0 Å². The maximum Gasteiger partial charge on any atom is 0.251 e. The largest absolute Gasteiger partial charge is 0.355 e. The van der Waals surface area contributed by atoms with E-state index in [0.29, 0.717) is 32.2 Å². The summed E-state index contributed by atoms with van der Waals surface area (Å²) in [5.41, 5.74) is 3.60. The normalized spacial score (nSPS) is 16.5. The molecule has 0 unspecified atom stereocenters. The van der Waals surface area contributed by atoms with Crippen LogP contribution in [0.15, 0.2) is 42.5 Å². The number of aryl methyl sites for hydroxylation is 2. The van der Waals surface area contributed by atoms with Crippen molar-refractivity contribution in [1.82, 2.24) is 10.2 Å². The molecule has 2 atom stereocenters. The average Bonchev–Trinajstić information content (AvgIpc) is 3.63. The van der Waals surface area contributed by atoms with E-state index in [0.717, 1.165) is 34.7 Å². The number of carbonyl (C=O) groups is 2. The fourth-order valence-corrected chi connectivity index (χ4v) is 5.14. The molecule has 4 nitrogen and oxygen atoms in total. The van der Waals surface area contributed by atoms with Gasteiger partial charge in [-0.05, 0) is 76.9 Å². The number of nitrogens with zero attached hydrogens (tertiary/aromatic N) is 1. The second kappa shape index (κ2) is 11.2. The lowest BCUT2D eigenvalue weighted by Crippen LogP contribution is -2.43. The summed E-state index contributed by atoms with van der Waals surface area (Å²) < 4.78 is 29.3. The molecule has 1 N–H and O–H groups in total. The molecule has 0 radical (unpaired) electrons. The van der Waals surface area contributed by atoms with E-state index in [4.69, 9.17) is 0 Å². The quantitative estimate of drug-likeness (QED) is 0.360. The van der Waals surface area contributed by atoms with Crippen molar-refractivity contribution in [2.75, 3.05) is 20.6 Å². The van der Waals surface area contributed by atoms with Crippen molar-refractivity contribution < 1.29 is 18.4 Å². The predicted octanol–water partition coefficient (Wildman–Crippen LogP) is 6.09. The Labute approximate surface area is 214 Å². The lowest BCUT2D eigenvalue weighted by molar-refractivity contribution is -0.123. The van der Waals surface area contributed by atoms with Crippen LogP contribution in [-0.4, -0.2) is 49.2 Å². The van der Waals surface area contributed by atoms with Gasteiger partial charge in [-0.3, -0.25) is 9.59 Å². The van der Waals surface area contributed by atoms with Crippen molar-refractivity contribution >= 4 is 11.7 Å². The highest BCUT2D eigenvalue weighted by Gasteiger charge is 2.63. The molecule has 0 aromatic heterocycles. The van der Waals surface area contributed by atoms with Gasteiger partial charge < -0.3 is 10.2 Å². The van der Waals surface area contributed by atoms with E-state index >= 15 is 0 Å². The number of carbonyl (C=O) groups excluding carboxylic acids is 2.